The predicted molar refractivity (Wildman–Crippen MR) is 86.8 cm³/mol. The van der Waals surface area contributed by atoms with Crippen LogP contribution in [0, 0.1) is 11.8 Å². The second kappa shape index (κ2) is 6.04. The van der Waals surface area contributed by atoms with Gasteiger partial charge in [0.25, 0.3) is 5.91 Å². The van der Waals surface area contributed by atoms with Crippen LogP contribution in [0.3, 0.4) is 0 Å². The zero-order valence-corrected chi connectivity index (χ0v) is 13.6. The topological polar surface area (TPSA) is 50.8 Å². The number of ether oxygens (including phenoxy) is 2. The van der Waals surface area contributed by atoms with Crippen LogP contribution in [0.1, 0.15) is 36.5 Å². The van der Waals surface area contributed by atoms with Crippen LogP contribution in [-0.4, -0.2) is 43.3 Å². The lowest BCUT2D eigenvalue weighted by Crippen LogP contribution is -2.56. The molecule has 4 aliphatic heterocycles. The van der Waals surface area contributed by atoms with E-state index in [1.807, 2.05) is 0 Å². The quantitative estimate of drug-likeness (QED) is 0.926. The van der Waals surface area contributed by atoms with Crippen molar-refractivity contribution in [1.82, 2.24) is 10.2 Å². The van der Waals surface area contributed by atoms with Crippen LogP contribution in [-0.2, 0) is 0 Å². The van der Waals surface area contributed by atoms with Gasteiger partial charge in [-0.05, 0) is 49.4 Å². The van der Waals surface area contributed by atoms with Crippen LogP contribution in [0.4, 0.5) is 0 Å². The van der Waals surface area contributed by atoms with E-state index in [2.05, 4.69) is 17.1 Å². The Hall–Kier alpha value is -1.75. The average molecular weight is 316 g/mol. The number of amides is 1. The van der Waals surface area contributed by atoms with Gasteiger partial charge in [0, 0.05) is 24.7 Å². The van der Waals surface area contributed by atoms with Crippen molar-refractivity contribution in [1.29, 1.82) is 0 Å². The Kier molecular flexibility index (Phi) is 3.89. The van der Waals surface area contributed by atoms with Gasteiger partial charge in [-0.1, -0.05) is 13.3 Å². The van der Waals surface area contributed by atoms with Crippen molar-refractivity contribution in [2.24, 2.45) is 11.8 Å². The molecule has 1 amide bonds. The van der Waals surface area contributed by atoms with Crippen LogP contribution in [0.2, 0.25) is 0 Å². The molecular weight excluding hydrogens is 292 g/mol. The molecule has 4 atom stereocenters. The molecule has 23 heavy (non-hydrogen) atoms. The van der Waals surface area contributed by atoms with E-state index in [1.54, 1.807) is 18.2 Å². The number of piperidine rings is 3. The van der Waals surface area contributed by atoms with Crippen LogP contribution in [0.25, 0.3) is 0 Å². The summed E-state index contributed by atoms with van der Waals surface area (Å²) in [5.74, 6) is 3.03. The van der Waals surface area contributed by atoms with Gasteiger partial charge in [-0.2, -0.15) is 0 Å². The number of fused-ring (bicyclic) bond motifs is 4. The Morgan fingerprint density at radius 3 is 3.00 bits per heavy atom. The van der Waals surface area contributed by atoms with Crippen LogP contribution in [0.15, 0.2) is 18.2 Å². The molecule has 1 aromatic carbocycles. The van der Waals surface area contributed by atoms with E-state index in [0.717, 1.165) is 18.4 Å². The second-order valence-electron chi connectivity index (χ2n) is 6.88. The minimum absolute atomic E-state index is 0.0296. The molecule has 124 valence electrons. The highest BCUT2D eigenvalue weighted by Crippen LogP contribution is 2.37. The van der Waals surface area contributed by atoms with E-state index in [0.29, 0.717) is 23.1 Å². The fourth-order valence-corrected chi connectivity index (χ4v) is 4.27. The van der Waals surface area contributed by atoms with Crippen molar-refractivity contribution in [3.63, 3.8) is 0 Å². The third-order valence-corrected chi connectivity index (χ3v) is 5.67. The van der Waals surface area contributed by atoms with E-state index in [4.69, 9.17) is 9.47 Å². The zero-order valence-electron chi connectivity index (χ0n) is 13.6. The lowest BCUT2D eigenvalue weighted by molar-refractivity contribution is 0.000725. The Morgan fingerprint density at radius 1 is 1.35 bits per heavy atom. The van der Waals surface area contributed by atoms with E-state index < -0.39 is 0 Å². The highest BCUT2D eigenvalue weighted by atomic mass is 16.7. The molecule has 4 aliphatic rings. The summed E-state index contributed by atoms with van der Waals surface area (Å²) in [4.78, 5) is 15.0. The maximum absolute atomic E-state index is 12.4. The van der Waals surface area contributed by atoms with Gasteiger partial charge in [0.2, 0.25) is 6.79 Å². The fourth-order valence-electron chi connectivity index (χ4n) is 4.27. The Morgan fingerprint density at radius 2 is 2.22 bits per heavy atom. The van der Waals surface area contributed by atoms with Crippen molar-refractivity contribution < 1.29 is 14.3 Å². The van der Waals surface area contributed by atoms with Crippen LogP contribution < -0.4 is 14.8 Å². The Labute approximate surface area is 136 Å². The molecule has 2 bridgehead atoms. The molecule has 3 saturated heterocycles. The molecule has 0 spiro atoms. The second-order valence-corrected chi connectivity index (χ2v) is 6.88. The van der Waals surface area contributed by atoms with Crippen molar-refractivity contribution in [2.75, 3.05) is 26.4 Å². The maximum atomic E-state index is 12.4. The third-order valence-electron chi connectivity index (χ3n) is 5.67. The minimum Gasteiger partial charge on any atom is -0.454 e. The summed E-state index contributed by atoms with van der Waals surface area (Å²) in [5.41, 5.74) is 0.636. The average Bonchev–Trinajstić information content (AvgIpc) is 3.07. The summed E-state index contributed by atoms with van der Waals surface area (Å²) in [6, 6.07) is 5.85. The standard InChI is InChI=1S/C18H24N2O3/c1-2-12-10-20-6-5-13(12)7-15(20)9-19-18(21)14-3-4-16-17(8-14)23-11-22-16/h3-4,8,12-13,15H,2,5-7,9-11H2,1H3,(H,19,21). The van der Waals surface area contributed by atoms with Gasteiger partial charge >= 0.3 is 0 Å². The van der Waals surface area contributed by atoms with Gasteiger partial charge in [0.05, 0.1) is 0 Å². The molecule has 0 saturated carbocycles. The smallest absolute Gasteiger partial charge is 0.251 e. The molecule has 4 unspecified atom stereocenters. The van der Waals surface area contributed by atoms with Crippen LogP contribution >= 0.6 is 0 Å². The number of carbonyl (C=O) groups is 1. The first-order valence-electron chi connectivity index (χ1n) is 8.66. The lowest BCUT2D eigenvalue weighted by Gasteiger charge is -2.50. The monoisotopic (exact) mass is 316 g/mol. The van der Waals surface area contributed by atoms with Gasteiger partial charge in [-0.3, -0.25) is 9.69 Å². The summed E-state index contributed by atoms with van der Waals surface area (Å²) >= 11 is 0. The molecule has 5 heteroatoms. The molecule has 4 heterocycles. The predicted octanol–water partition coefficient (Wildman–Crippen LogP) is 2.27. The number of carbonyl (C=O) groups excluding carboxylic acids is 1. The van der Waals surface area contributed by atoms with Gasteiger partial charge in [0.15, 0.2) is 11.5 Å². The molecule has 0 radical (unpaired) electrons. The van der Waals surface area contributed by atoms with E-state index in [-0.39, 0.29) is 12.7 Å². The van der Waals surface area contributed by atoms with E-state index in [1.165, 1.54) is 32.4 Å². The normalized spacial score (nSPS) is 31.2. The summed E-state index contributed by atoms with van der Waals surface area (Å²) in [5, 5.41) is 3.10. The summed E-state index contributed by atoms with van der Waals surface area (Å²) in [7, 11) is 0. The Balaban J connectivity index is 1.35. The SMILES string of the molecule is CCC1CN2CCC1CC2CNC(=O)c1ccc2c(c1)OCO2. The largest absolute Gasteiger partial charge is 0.454 e. The third kappa shape index (κ3) is 2.78. The number of benzene rings is 1. The highest BCUT2D eigenvalue weighted by molar-refractivity contribution is 5.94. The highest BCUT2D eigenvalue weighted by Gasteiger charge is 2.39. The fraction of sp³-hybridized carbons (Fsp3) is 0.611. The van der Waals surface area contributed by atoms with Crippen molar-refractivity contribution in [3.8, 4) is 11.5 Å². The molecular formula is C18H24N2O3. The summed E-state index contributed by atoms with van der Waals surface area (Å²) < 4.78 is 10.6. The molecule has 1 aromatic rings. The lowest BCUT2D eigenvalue weighted by atomic mass is 9.74. The molecule has 5 rings (SSSR count). The summed E-state index contributed by atoms with van der Waals surface area (Å²) in [6.45, 7) is 5.65. The molecule has 1 N–H and O–H groups in total. The van der Waals surface area contributed by atoms with Gasteiger partial charge in [-0.15, -0.1) is 0 Å². The van der Waals surface area contributed by atoms with Crippen LogP contribution in [0.5, 0.6) is 11.5 Å². The summed E-state index contributed by atoms with van der Waals surface area (Å²) in [6.07, 6.45) is 3.82. The van der Waals surface area contributed by atoms with Crippen molar-refractivity contribution >= 4 is 5.91 Å². The van der Waals surface area contributed by atoms with E-state index in [9.17, 15) is 4.79 Å². The zero-order chi connectivity index (χ0) is 15.8. The van der Waals surface area contributed by atoms with Crippen molar-refractivity contribution in [2.45, 2.75) is 32.2 Å². The van der Waals surface area contributed by atoms with Gasteiger partial charge in [0.1, 0.15) is 0 Å². The first kappa shape index (κ1) is 14.8. The minimum atomic E-state index is -0.0296. The molecule has 3 fully saturated rings. The Bertz CT molecular complexity index is 604. The number of nitrogens with one attached hydrogen (secondary N) is 1. The van der Waals surface area contributed by atoms with Gasteiger partial charge < -0.3 is 14.8 Å². The molecule has 5 nitrogen and oxygen atoms in total. The van der Waals surface area contributed by atoms with E-state index >= 15 is 0 Å². The van der Waals surface area contributed by atoms with Gasteiger partial charge in [-0.25, -0.2) is 0 Å². The first-order valence-corrected chi connectivity index (χ1v) is 8.66. The number of rotatable bonds is 4. The number of nitrogens with zero attached hydrogens (tertiary/aromatic N) is 1. The molecule has 0 aliphatic carbocycles. The molecule has 0 aromatic heterocycles. The first-order chi connectivity index (χ1) is 11.2. The number of hydrogen-bond acceptors (Lipinski definition) is 4. The number of hydrogen-bond donors (Lipinski definition) is 1. The maximum Gasteiger partial charge on any atom is 0.251 e. The van der Waals surface area contributed by atoms with Crippen molar-refractivity contribution in [3.05, 3.63) is 23.8 Å².